The fourth-order valence-electron chi connectivity index (χ4n) is 3.55. The van der Waals surface area contributed by atoms with Crippen LogP contribution in [0.25, 0.3) is 10.9 Å². The molecule has 0 atom stereocenters. The van der Waals surface area contributed by atoms with Gasteiger partial charge in [0, 0.05) is 24.7 Å². The van der Waals surface area contributed by atoms with E-state index >= 15 is 0 Å². The molecule has 0 unspecified atom stereocenters. The molecule has 1 aromatic carbocycles. The van der Waals surface area contributed by atoms with Gasteiger partial charge >= 0.3 is 0 Å². The maximum atomic E-state index is 10.2. The molecule has 0 spiro atoms. The molecule has 10 heteroatoms. The second-order valence-corrected chi connectivity index (χ2v) is 9.36. The first-order chi connectivity index (χ1) is 14.6. The molecule has 0 bridgehead atoms. The molecule has 162 valence electrons. The van der Waals surface area contributed by atoms with Gasteiger partial charge in [0.25, 0.3) is 0 Å². The number of fused-ring (bicyclic) bond motifs is 1. The molecule has 1 fully saturated rings. The zero-order valence-corrected chi connectivity index (χ0v) is 19.0. The first kappa shape index (κ1) is 21.6. The molecule has 8 nitrogen and oxygen atoms in total. The van der Waals surface area contributed by atoms with E-state index in [9.17, 15) is 10.4 Å². The molecule has 1 saturated heterocycles. The van der Waals surface area contributed by atoms with Gasteiger partial charge < -0.3 is 15.3 Å². The molecule has 4 rings (SSSR count). The number of aliphatic hydroxyl groups is 1. The SMILES string of the molecule is CC1(O)CCN(c2cc3nc(Nc4cnn(C(C)(C)C#N)c4Cl)ncc3cc2Cl)CC1. The number of piperidine rings is 1. The Balaban J connectivity index is 1.63. The maximum Gasteiger partial charge on any atom is 0.227 e. The van der Waals surface area contributed by atoms with E-state index < -0.39 is 11.1 Å². The van der Waals surface area contributed by atoms with Crippen LogP contribution >= 0.6 is 23.2 Å². The van der Waals surface area contributed by atoms with Crippen molar-refractivity contribution in [3.05, 3.63) is 34.7 Å². The normalized spacial score (nSPS) is 16.4. The van der Waals surface area contributed by atoms with Crippen molar-refractivity contribution in [3.63, 3.8) is 0 Å². The van der Waals surface area contributed by atoms with Gasteiger partial charge in [0.05, 0.1) is 39.8 Å². The summed E-state index contributed by atoms with van der Waals surface area (Å²) in [6, 6.07) is 5.96. The van der Waals surface area contributed by atoms with Crippen LogP contribution in [-0.4, -0.2) is 43.5 Å². The summed E-state index contributed by atoms with van der Waals surface area (Å²) >= 11 is 12.9. The van der Waals surface area contributed by atoms with Crippen molar-refractivity contribution in [2.45, 2.75) is 44.8 Å². The topological polar surface area (TPSA) is 103 Å². The summed E-state index contributed by atoms with van der Waals surface area (Å²) in [5, 5.41) is 28.6. The van der Waals surface area contributed by atoms with Gasteiger partial charge in [0.15, 0.2) is 5.15 Å². The minimum atomic E-state index is -0.883. The molecule has 2 aromatic heterocycles. The highest BCUT2D eigenvalue weighted by molar-refractivity contribution is 6.34. The second-order valence-electron chi connectivity index (χ2n) is 8.60. The Kier molecular flexibility index (Phi) is 5.46. The molecular formula is C21H23Cl2N7O. The largest absolute Gasteiger partial charge is 0.390 e. The number of nitriles is 1. The highest BCUT2D eigenvalue weighted by Crippen LogP contribution is 2.34. The van der Waals surface area contributed by atoms with Crippen LogP contribution < -0.4 is 10.2 Å². The molecular weight excluding hydrogens is 437 g/mol. The van der Waals surface area contributed by atoms with Crippen LogP contribution in [0.3, 0.4) is 0 Å². The maximum absolute atomic E-state index is 10.2. The zero-order chi connectivity index (χ0) is 22.4. The fraction of sp³-hybridized carbons (Fsp3) is 0.429. The zero-order valence-electron chi connectivity index (χ0n) is 17.5. The first-order valence-corrected chi connectivity index (χ1v) is 10.7. The van der Waals surface area contributed by atoms with Crippen molar-refractivity contribution in [2.24, 2.45) is 0 Å². The molecule has 1 aliphatic rings. The van der Waals surface area contributed by atoms with Gasteiger partial charge in [-0.15, -0.1) is 0 Å². The minimum Gasteiger partial charge on any atom is -0.390 e. The molecule has 2 N–H and O–H groups in total. The summed E-state index contributed by atoms with van der Waals surface area (Å²) in [4.78, 5) is 11.1. The van der Waals surface area contributed by atoms with Gasteiger partial charge in [-0.25, -0.2) is 14.6 Å². The van der Waals surface area contributed by atoms with Gasteiger partial charge in [0.2, 0.25) is 5.95 Å². The summed E-state index contributed by atoms with van der Waals surface area (Å²) in [7, 11) is 0. The van der Waals surface area contributed by atoms with Gasteiger partial charge in [-0.3, -0.25) is 0 Å². The van der Waals surface area contributed by atoms with Crippen molar-refractivity contribution in [1.29, 1.82) is 5.26 Å². The number of hydrogen-bond acceptors (Lipinski definition) is 7. The van der Waals surface area contributed by atoms with Gasteiger partial charge in [-0.05, 0) is 45.7 Å². The average molecular weight is 460 g/mol. The fourth-order valence-corrected chi connectivity index (χ4v) is 4.19. The molecule has 0 aliphatic carbocycles. The van der Waals surface area contributed by atoms with E-state index in [1.165, 1.54) is 4.68 Å². The van der Waals surface area contributed by atoms with E-state index in [2.05, 4.69) is 31.4 Å². The summed E-state index contributed by atoms with van der Waals surface area (Å²) in [5.41, 5.74) is 0.609. The number of halogens is 2. The molecule has 0 saturated carbocycles. The smallest absolute Gasteiger partial charge is 0.227 e. The van der Waals surface area contributed by atoms with Crippen molar-refractivity contribution >= 4 is 51.4 Å². The van der Waals surface area contributed by atoms with Crippen LogP contribution in [0.15, 0.2) is 24.5 Å². The third kappa shape index (κ3) is 4.26. The second kappa shape index (κ2) is 7.83. The quantitative estimate of drug-likeness (QED) is 0.592. The van der Waals surface area contributed by atoms with Crippen LogP contribution in [0.4, 0.5) is 17.3 Å². The van der Waals surface area contributed by atoms with Gasteiger partial charge in [-0.2, -0.15) is 10.4 Å². The third-order valence-corrected chi connectivity index (χ3v) is 6.26. The Morgan fingerprint density at radius 3 is 2.61 bits per heavy atom. The predicted octanol–water partition coefficient (Wildman–Crippen LogP) is 4.49. The van der Waals surface area contributed by atoms with E-state index in [-0.39, 0.29) is 0 Å². The standard InChI is InChI=1S/C21H23Cl2N7O/c1-20(2,12-24)30-18(23)16(11-26-30)28-19-25-10-13-8-14(22)17(9-15(13)27-19)29-6-4-21(3,31)5-7-29/h8-11,31H,4-7H2,1-3H3,(H,25,27,28). The minimum absolute atomic E-state index is 0.299. The molecule has 1 aliphatic heterocycles. The van der Waals surface area contributed by atoms with Crippen molar-refractivity contribution in [2.75, 3.05) is 23.3 Å². The van der Waals surface area contributed by atoms with Crippen LogP contribution in [0.1, 0.15) is 33.6 Å². The average Bonchev–Trinajstić information content (AvgIpc) is 3.09. The lowest BCUT2D eigenvalue weighted by atomic mass is 9.93. The van der Waals surface area contributed by atoms with E-state index in [1.807, 2.05) is 19.1 Å². The summed E-state index contributed by atoms with van der Waals surface area (Å²) in [5.74, 6) is 0.360. The van der Waals surface area contributed by atoms with Crippen molar-refractivity contribution in [1.82, 2.24) is 19.7 Å². The number of hydrogen-bond donors (Lipinski definition) is 2. The lowest BCUT2D eigenvalue weighted by molar-refractivity contribution is 0.0351. The summed E-state index contributed by atoms with van der Waals surface area (Å²) in [6.45, 7) is 6.76. The highest BCUT2D eigenvalue weighted by atomic mass is 35.5. The predicted molar refractivity (Wildman–Crippen MR) is 122 cm³/mol. The Bertz CT molecular complexity index is 1170. The Morgan fingerprint density at radius 1 is 1.23 bits per heavy atom. The van der Waals surface area contributed by atoms with Crippen molar-refractivity contribution in [3.8, 4) is 6.07 Å². The Labute approximate surface area is 190 Å². The monoisotopic (exact) mass is 459 g/mol. The number of benzene rings is 1. The Hall–Kier alpha value is -2.60. The summed E-state index contributed by atoms with van der Waals surface area (Å²) < 4.78 is 1.45. The lowest BCUT2D eigenvalue weighted by Crippen LogP contribution is -2.42. The first-order valence-electron chi connectivity index (χ1n) is 9.95. The molecule has 3 heterocycles. The Morgan fingerprint density at radius 2 is 1.94 bits per heavy atom. The third-order valence-electron chi connectivity index (χ3n) is 5.59. The van der Waals surface area contributed by atoms with Crippen LogP contribution in [0.5, 0.6) is 0 Å². The van der Waals surface area contributed by atoms with E-state index in [0.717, 1.165) is 29.7 Å². The molecule has 0 radical (unpaired) electrons. The lowest BCUT2D eigenvalue weighted by Gasteiger charge is -2.37. The van der Waals surface area contributed by atoms with E-state index in [0.29, 0.717) is 34.7 Å². The van der Waals surface area contributed by atoms with Crippen molar-refractivity contribution < 1.29 is 5.11 Å². The van der Waals surface area contributed by atoms with E-state index in [4.69, 9.17) is 23.2 Å². The molecule has 0 amide bonds. The molecule has 31 heavy (non-hydrogen) atoms. The number of nitrogens with zero attached hydrogens (tertiary/aromatic N) is 6. The van der Waals surface area contributed by atoms with Gasteiger partial charge in [0.1, 0.15) is 5.54 Å². The summed E-state index contributed by atoms with van der Waals surface area (Å²) in [6.07, 6.45) is 4.60. The van der Waals surface area contributed by atoms with Crippen LogP contribution in [0, 0.1) is 11.3 Å². The van der Waals surface area contributed by atoms with Crippen LogP contribution in [0.2, 0.25) is 10.2 Å². The number of nitrogens with one attached hydrogen (secondary N) is 1. The van der Waals surface area contributed by atoms with Crippen LogP contribution in [-0.2, 0) is 5.54 Å². The van der Waals surface area contributed by atoms with Gasteiger partial charge in [-0.1, -0.05) is 23.2 Å². The molecule has 3 aromatic rings. The number of aromatic nitrogens is 4. The highest BCUT2D eigenvalue weighted by Gasteiger charge is 2.28. The van der Waals surface area contributed by atoms with E-state index in [1.54, 1.807) is 26.2 Å². The number of rotatable bonds is 4. The number of anilines is 3.